The smallest absolute Gasteiger partial charge is 0.266 e. The summed E-state index contributed by atoms with van der Waals surface area (Å²) >= 11 is 0. The molecule has 0 saturated carbocycles. The highest BCUT2D eigenvalue weighted by Crippen LogP contribution is 2.30. The molecule has 0 aliphatic carbocycles. The van der Waals surface area contributed by atoms with Crippen molar-refractivity contribution in [3.05, 3.63) is 88.7 Å². The number of oxazole rings is 1. The summed E-state index contributed by atoms with van der Waals surface area (Å²) in [6.45, 7) is 1.86. The normalized spacial score (nSPS) is 10.9. The number of benzene rings is 2. The number of aromatic nitrogens is 4. The maximum Gasteiger partial charge on any atom is 0.266 e. The fourth-order valence-electron chi connectivity index (χ4n) is 3.73. The summed E-state index contributed by atoms with van der Waals surface area (Å²) in [5.74, 6) is -0.452. The first-order chi connectivity index (χ1) is 16.5. The van der Waals surface area contributed by atoms with Gasteiger partial charge in [0.05, 0.1) is 35.3 Å². The van der Waals surface area contributed by atoms with Crippen LogP contribution < -0.4 is 10.3 Å². The van der Waals surface area contributed by atoms with Crippen LogP contribution >= 0.6 is 0 Å². The maximum atomic E-state index is 14.5. The van der Waals surface area contributed by atoms with Crippen molar-refractivity contribution < 1.29 is 13.5 Å². The predicted molar refractivity (Wildman–Crippen MR) is 122 cm³/mol. The van der Waals surface area contributed by atoms with Crippen LogP contribution in [0.25, 0.3) is 39.2 Å². The van der Waals surface area contributed by atoms with E-state index in [1.807, 2.05) is 19.1 Å². The zero-order valence-electron chi connectivity index (χ0n) is 18.1. The first-order valence-corrected chi connectivity index (χ1v) is 10.2. The molecule has 3 aromatic heterocycles. The first kappa shape index (κ1) is 21.0. The van der Waals surface area contributed by atoms with Crippen molar-refractivity contribution in [1.29, 1.82) is 5.26 Å². The van der Waals surface area contributed by atoms with Gasteiger partial charge in [-0.15, -0.1) is 0 Å². The van der Waals surface area contributed by atoms with E-state index in [9.17, 15) is 14.4 Å². The Morgan fingerprint density at radius 1 is 1.15 bits per heavy atom. The number of hydrogen-bond acceptors (Lipinski definition) is 7. The largest absolute Gasteiger partial charge is 0.494 e. The number of rotatable bonds is 4. The van der Waals surface area contributed by atoms with Crippen LogP contribution in [-0.4, -0.2) is 26.6 Å². The monoisotopic (exact) mass is 453 g/mol. The molecule has 0 saturated heterocycles. The van der Waals surface area contributed by atoms with Gasteiger partial charge in [0.25, 0.3) is 5.56 Å². The second-order valence-corrected chi connectivity index (χ2v) is 7.49. The Morgan fingerprint density at radius 3 is 2.65 bits per heavy atom. The molecule has 0 radical (unpaired) electrons. The van der Waals surface area contributed by atoms with Gasteiger partial charge in [-0.3, -0.25) is 14.3 Å². The summed E-state index contributed by atoms with van der Waals surface area (Å²) in [5.41, 5.74) is 2.73. The number of halogens is 1. The van der Waals surface area contributed by atoms with E-state index in [1.165, 1.54) is 42.5 Å². The lowest BCUT2D eigenvalue weighted by molar-refractivity contribution is 0.386. The van der Waals surface area contributed by atoms with Crippen molar-refractivity contribution in [2.24, 2.45) is 0 Å². The Labute approximate surface area is 192 Å². The Hall–Kier alpha value is -4.84. The summed E-state index contributed by atoms with van der Waals surface area (Å²) in [4.78, 5) is 27.0. The number of aryl methyl sites for hydroxylation is 1. The number of hydrogen-bond donors (Lipinski definition) is 0. The summed E-state index contributed by atoms with van der Waals surface area (Å²) < 4.78 is 25.9. The fourth-order valence-corrected chi connectivity index (χ4v) is 3.73. The second-order valence-electron chi connectivity index (χ2n) is 7.49. The molecule has 0 spiro atoms. The third kappa shape index (κ3) is 3.47. The first-order valence-electron chi connectivity index (χ1n) is 10.2. The molecule has 0 N–H and O–H groups in total. The summed E-state index contributed by atoms with van der Waals surface area (Å²) in [6.07, 6.45) is 4.22. The molecule has 0 aliphatic rings. The lowest BCUT2D eigenvalue weighted by Gasteiger charge is -2.15. The average Bonchev–Trinajstić information content (AvgIpc) is 3.39. The van der Waals surface area contributed by atoms with Gasteiger partial charge in [0, 0.05) is 29.1 Å². The molecule has 0 atom stereocenters. The zero-order valence-corrected chi connectivity index (χ0v) is 18.1. The van der Waals surface area contributed by atoms with E-state index in [1.54, 1.807) is 18.3 Å². The molecule has 166 valence electrons. The molecule has 34 heavy (non-hydrogen) atoms. The van der Waals surface area contributed by atoms with Crippen molar-refractivity contribution in [3.8, 4) is 40.2 Å². The van der Waals surface area contributed by atoms with Crippen molar-refractivity contribution in [1.82, 2.24) is 19.5 Å². The van der Waals surface area contributed by atoms with Crippen molar-refractivity contribution in [2.45, 2.75) is 6.92 Å². The Morgan fingerprint density at radius 2 is 2.00 bits per heavy atom. The molecule has 8 nitrogen and oxygen atoms in total. The van der Waals surface area contributed by atoms with Crippen LogP contribution in [0.3, 0.4) is 0 Å². The molecule has 3 heterocycles. The van der Waals surface area contributed by atoms with Crippen molar-refractivity contribution >= 4 is 10.9 Å². The van der Waals surface area contributed by atoms with Crippen LogP contribution in [0.5, 0.6) is 5.75 Å². The number of nitrogens with zero attached hydrogens (tertiary/aromatic N) is 5. The quantitative estimate of drug-likeness (QED) is 0.396. The van der Waals surface area contributed by atoms with E-state index in [0.29, 0.717) is 16.6 Å². The number of nitriles is 1. The minimum Gasteiger partial charge on any atom is -0.494 e. The topological polar surface area (TPSA) is 107 Å². The van der Waals surface area contributed by atoms with Crippen LogP contribution in [0.4, 0.5) is 4.39 Å². The van der Waals surface area contributed by atoms with Crippen LogP contribution in [0.1, 0.15) is 11.3 Å². The average molecular weight is 453 g/mol. The number of ether oxygens (including phenoxy) is 1. The lowest BCUT2D eigenvalue weighted by Crippen LogP contribution is -2.22. The van der Waals surface area contributed by atoms with Crippen LogP contribution in [-0.2, 0) is 0 Å². The van der Waals surface area contributed by atoms with Crippen molar-refractivity contribution in [3.63, 3.8) is 0 Å². The van der Waals surface area contributed by atoms with Crippen LogP contribution in [0, 0.1) is 24.1 Å². The van der Waals surface area contributed by atoms with Gasteiger partial charge < -0.3 is 9.15 Å². The molecular weight excluding hydrogens is 437 g/mol. The van der Waals surface area contributed by atoms with Gasteiger partial charge in [-0.05, 0) is 37.3 Å². The summed E-state index contributed by atoms with van der Waals surface area (Å²) in [6, 6.07) is 13.0. The Kier molecular flexibility index (Phi) is 5.11. The van der Waals surface area contributed by atoms with Crippen LogP contribution in [0.2, 0.25) is 0 Å². The van der Waals surface area contributed by atoms with Gasteiger partial charge in [-0.25, -0.2) is 14.4 Å². The van der Waals surface area contributed by atoms with Crippen LogP contribution in [0.15, 0.2) is 70.5 Å². The molecule has 0 aliphatic heterocycles. The standard InChI is InChI=1S/C25H16FN5O3/c1-14-3-4-16(11-28-14)18-7-15(10-27)8-19-23(18)30-24(21-12-34-13-29-21)31(25(19)32)17-5-6-22(33-2)20(26)9-17/h3-9,11-13H,1-2H3. The van der Waals surface area contributed by atoms with E-state index >= 15 is 0 Å². The second kappa shape index (κ2) is 8.26. The molecule has 2 aromatic carbocycles. The lowest BCUT2D eigenvalue weighted by atomic mass is 10.0. The number of pyridine rings is 1. The van der Waals surface area contributed by atoms with E-state index in [4.69, 9.17) is 14.1 Å². The molecule has 0 bridgehead atoms. The molecule has 0 fully saturated rings. The molecular formula is C25H16FN5O3. The minimum absolute atomic E-state index is 0.0365. The van der Waals surface area contributed by atoms with E-state index in [-0.39, 0.29) is 33.9 Å². The number of fused-ring (bicyclic) bond motifs is 1. The van der Waals surface area contributed by atoms with Gasteiger partial charge in [0.15, 0.2) is 23.8 Å². The molecule has 0 amide bonds. The highest BCUT2D eigenvalue weighted by atomic mass is 19.1. The minimum atomic E-state index is -0.643. The van der Waals surface area contributed by atoms with Gasteiger partial charge in [-0.1, -0.05) is 6.07 Å². The Bertz CT molecular complexity index is 1640. The summed E-state index contributed by atoms with van der Waals surface area (Å²) in [7, 11) is 1.35. The predicted octanol–water partition coefficient (Wildman–Crippen LogP) is 4.43. The van der Waals surface area contributed by atoms with Gasteiger partial charge in [0.2, 0.25) is 0 Å². The Balaban J connectivity index is 1.90. The third-order valence-electron chi connectivity index (χ3n) is 5.38. The molecule has 5 aromatic rings. The fraction of sp³-hybridized carbons (Fsp3) is 0.0800. The van der Waals surface area contributed by atoms with Gasteiger partial charge in [-0.2, -0.15) is 5.26 Å². The maximum absolute atomic E-state index is 14.5. The van der Waals surface area contributed by atoms with E-state index in [2.05, 4.69) is 16.0 Å². The summed E-state index contributed by atoms with van der Waals surface area (Å²) in [5, 5.41) is 9.80. The van der Waals surface area contributed by atoms with E-state index in [0.717, 1.165) is 5.69 Å². The van der Waals surface area contributed by atoms with E-state index < -0.39 is 11.4 Å². The van der Waals surface area contributed by atoms with Gasteiger partial charge in [0.1, 0.15) is 12.0 Å². The third-order valence-corrected chi connectivity index (χ3v) is 5.38. The highest BCUT2D eigenvalue weighted by molar-refractivity contribution is 5.95. The SMILES string of the molecule is COc1ccc(-n2c(-c3cocn3)nc3c(-c4ccc(C)nc4)cc(C#N)cc3c2=O)cc1F. The van der Waals surface area contributed by atoms with Crippen molar-refractivity contribution in [2.75, 3.05) is 7.11 Å². The highest BCUT2D eigenvalue weighted by Gasteiger charge is 2.20. The molecule has 5 rings (SSSR count). The molecule has 9 heteroatoms. The molecule has 0 unspecified atom stereocenters. The van der Waals surface area contributed by atoms with Gasteiger partial charge >= 0.3 is 0 Å². The number of methoxy groups -OCH3 is 1. The zero-order chi connectivity index (χ0) is 23.8.